The van der Waals surface area contributed by atoms with Crippen LogP contribution in [0.25, 0.3) is 0 Å². The molecule has 1 aliphatic heterocycles. The van der Waals surface area contributed by atoms with Gasteiger partial charge < -0.3 is 15.0 Å². The summed E-state index contributed by atoms with van der Waals surface area (Å²) < 4.78 is 6.83. The summed E-state index contributed by atoms with van der Waals surface area (Å²) in [6, 6.07) is 8.00. The van der Waals surface area contributed by atoms with Gasteiger partial charge in [-0.2, -0.15) is 0 Å². The smallest absolute Gasteiger partial charge is 0.119 e. The minimum Gasteiger partial charge on any atom is -0.492 e. The standard InChI is InChI=1S/C15H23BrN2O.ClH/c1-18(12-13-3-2-8-17-11-13)9-10-19-15-6-4-14(16)5-7-15;/h4-7,13,17H,2-3,8-12H2,1H3;1H. The van der Waals surface area contributed by atoms with Gasteiger partial charge in [0.25, 0.3) is 0 Å². The summed E-state index contributed by atoms with van der Waals surface area (Å²) in [5, 5.41) is 3.47. The number of ether oxygens (including phenoxy) is 1. The van der Waals surface area contributed by atoms with Crippen LogP contribution in [-0.4, -0.2) is 44.7 Å². The van der Waals surface area contributed by atoms with E-state index in [2.05, 4.69) is 33.2 Å². The Morgan fingerprint density at radius 3 is 2.75 bits per heavy atom. The SMILES string of the molecule is CN(CCOc1ccc(Br)cc1)CC1CCCNC1.Cl. The van der Waals surface area contributed by atoms with Gasteiger partial charge in [-0.25, -0.2) is 0 Å². The molecular weight excluding hydrogens is 340 g/mol. The van der Waals surface area contributed by atoms with Crippen molar-refractivity contribution in [3.63, 3.8) is 0 Å². The van der Waals surface area contributed by atoms with Gasteiger partial charge in [0, 0.05) is 17.6 Å². The zero-order valence-electron chi connectivity index (χ0n) is 12.0. The number of halogens is 2. The van der Waals surface area contributed by atoms with Crippen molar-refractivity contribution in [1.82, 2.24) is 10.2 Å². The van der Waals surface area contributed by atoms with Gasteiger partial charge in [0.05, 0.1) is 0 Å². The van der Waals surface area contributed by atoms with Crippen LogP contribution in [0.3, 0.4) is 0 Å². The van der Waals surface area contributed by atoms with Gasteiger partial charge in [0.1, 0.15) is 12.4 Å². The van der Waals surface area contributed by atoms with E-state index in [0.29, 0.717) is 0 Å². The Bertz CT molecular complexity index is 369. The fourth-order valence-electron chi connectivity index (χ4n) is 2.46. The van der Waals surface area contributed by atoms with E-state index >= 15 is 0 Å². The summed E-state index contributed by atoms with van der Waals surface area (Å²) in [7, 11) is 2.18. The number of nitrogens with zero attached hydrogens (tertiary/aromatic N) is 1. The van der Waals surface area contributed by atoms with Crippen molar-refractivity contribution in [1.29, 1.82) is 0 Å². The van der Waals surface area contributed by atoms with Gasteiger partial charge in [0.2, 0.25) is 0 Å². The predicted octanol–water partition coefficient (Wildman–Crippen LogP) is 3.18. The summed E-state index contributed by atoms with van der Waals surface area (Å²) in [5.74, 6) is 1.74. The fraction of sp³-hybridized carbons (Fsp3) is 0.600. The number of rotatable bonds is 6. The molecule has 1 unspecified atom stereocenters. The maximum absolute atomic E-state index is 5.74. The second-order valence-corrected chi connectivity index (χ2v) is 6.19. The van der Waals surface area contributed by atoms with Crippen LogP contribution in [0, 0.1) is 5.92 Å². The van der Waals surface area contributed by atoms with Crippen molar-refractivity contribution in [3.05, 3.63) is 28.7 Å². The summed E-state index contributed by atoms with van der Waals surface area (Å²) in [4.78, 5) is 2.37. The van der Waals surface area contributed by atoms with E-state index in [1.165, 1.54) is 19.4 Å². The van der Waals surface area contributed by atoms with Crippen LogP contribution in [0.15, 0.2) is 28.7 Å². The van der Waals surface area contributed by atoms with Gasteiger partial charge in [-0.3, -0.25) is 0 Å². The lowest BCUT2D eigenvalue weighted by Gasteiger charge is -2.27. The average Bonchev–Trinajstić information content (AvgIpc) is 2.42. The Balaban J connectivity index is 0.00000200. The van der Waals surface area contributed by atoms with E-state index in [-0.39, 0.29) is 12.4 Å². The van der Waals surface area contributed by atoms with Crippen LogP contribution in [0.2, 0.25) is 0 Å². The molecule has 0 amide bonds. The molecule has 0 aliphatic carbocycles. The zero-order valence-corrected chi connectivity index (χ0v) is 14.4. The lowest BCUT2D eigenvalue weighted by molar-refractivity contribution is 0.201. The minimum atomic E-state index is 0. The Morgan fingerprint density at radius 1 is 1.35 bits per heavy atom. The molecule has 3 nitrogen and oxygen atoms in total. The van der Waals surface area contributed by atoms with Crippen LogP contribution >= 0.6 is 28.3 Å². The highest BCUT2D eigenvalue weighted by Gasteiger charge is 2.14. The highest BCUT2D eigenvalue weighted by Crippen LogP contribution is 2.16. The highest BCUT2D eigenvalue weighted by molar-refractivity contribution is 9.10. The summed E-state index contributed by atoms with van der Waals surface area (Å²) in [5.41, 5.74) is 0. The third-order valence-electron chi connectivity index (χ3n) is 3.52. The van der Waals surface area contributed by atoms with Crippen LogP contribution in [-0.2, 0) is 0 Å². The molecule has 0 spiro atoms. The second-order valence-electron chi connectivity index (χ2n) is 5.28. The molecular formula is C15H24BrClN2O. The van der Waals surface area contributed by atoms with Crippen molar-refractivity contribution in [2.45, 2.75) is 12.8 Å². The Kier molecular flexibility index (Phi) is 8.53. The van der Waals surface area contributed by atoms with Crippen molar-refractivity contribution in [2.75, 3.05) is 39.8 Å². The van der Waals surface area contributed by atoms with Gasteiger partial charge in [-0.15, -0.1) is 12.4 Å². The average molecular weight is 364 g/mol. The van der Waals surface area contributed by atoms with E-state index in [9.17, 15) is 0 Å². The van der Waals surface area contributed by atoms with Crippen molar-refractivity contribution < 1.29 is 4.74 Å². The van der Waals surface area contributed by atoms with Gasteiger partial charge >= 0.3 is 0 Å². The number of nitrogens with one attached hydrogen (secondary N) is 1. The topological polar surface area (TPSA) is 24.5 Å². The summed E-state index contributed by atoms with van der Waals surface area (Å²) >= 11 is 3.42. The first-order chi connectivity index (χ1) is 9.24. The molecule has 1 saturated heterocycles. The molecule has 1 N–H and O–H groups in total. The largest absolute Gasteiger partial charge is 0.492 e. The van der Waals surface area contributed by atoms with E-state index in [4.69, 9.17) is 4.74 Å². The molecule has 0 aromatic heterocycles. The number of likely N-dealkylation sites (N-methyl/N-ethyl adjacent to an activating group) is 1. The van der Waals surface area contributed by atoms with E-state index in [1.807, 2.05) is 24.3 Å². The molecule has 2 rings (SSSR count). The summed E-state index contributed by atoms with van der Waals surface area (Å²) in [6.45, 7) is 5.24. The lowest BCUT2D eigenvalue weighted by atomic mass is 9.99. The van der Waals surface area contributed by atoms with Gasteiger partial charge in [0.15, 0.2) is 0 Å². The highest BCUT2D eigenvalue weighted by atomic mass is 79.9. The molecule has 1 aromatic rings. The third kappa shape index (κ3) is 6.44. The fourth-order valence-corrected chi connectivity index (χ4v) is 2.73. The maximum atomic E-state index is 5.74. The Hall–Kier alpha value is -0.290. The molecule has 1 heterocycles. The third-order valence-corrected chi connectivity index (χ3v) is 4.05. The molecule has 0 bridgehead atoms. The monoisotopic (exact) mass is 362 g/mol. The van der Waals surface area contributed by atoms with Gasteiger partial charge in [-0.05, 0) is 63.2 Å². The van der Waals surface area contributed by atoms with E-state index in [0.717, 1.165) is 42.4 Å². The number of hydrogen-bond donors (Lipinski definition) is 1. The van der Waals surface area contributed by atoms with E-state index < -0.39 is 0 Å². The number of benzene rings is 1. The van der Waals surface area contributed by atoms with Crippen LogP contribution in [0.4, 0.5) is 0 Å². The zero-order chi connectivity index (χ0) is 13.5. The summed E-state index contributed by atoms with van der Waals surface area (Å²) in [6.07, 6.45) is 2.67. The van der Waals surface area contributed by atoms with Crippen molar-refractivity contribution in [2.24, 2.45) is 5.92 Å². The Morgan fingerprint density at radius 2 is 2.10 bits per heavy atom. The first-order valence-electron chi connectivity index (χ1n) is 7.01. The predicted molar refractivity (Wildman–Crippen MR) is 90.0 cm³/mol. The second kappa shape index (κ2) is 9.61. The number of piperidine rings is 1. The molecule has 5 heteroatoms. The lowest BCUT2D eigenvalue weighted by Crippen LogP contribution is -2.38. The maximum Gasteiger partial charge on any atom is 0.119 e. The normalized spacial score (nSPS) is 18.6. The number of hydrogen-bond acceptors (Lipinski definition) is 3. The van der Waals surface area contributed by atoms with Crippen LogP contribution in [0.5, 0.6) is 5.75 Å². The molecule has 114 valence electrons. The van der Waals surface area contributed by atoms with E-state index in [1.54, 1.807) is 0 Å². The molecule has 0 radical (unpaired) electrons. The first kappa shape index (κ1) is 17.8. The van der Waals surface area contributed by atoms with Crippen LogP contribution < -0.4 is 10.1 Å². The van der Waals surface area contributed by atoms with Gasteiger partial charge in [-0.1, -0.05) is 15.9 Å². The van der Waals surface area contributed by atoms with Crippen molar-refractivity contribution in [3.8, 4) is 5.75 Å². The molecule has 1 fully saturated rings. The van der Waals surface area contributed by atoms with Crippen molar-refractivity contribution >= 4 is 28.3 Å². The quantitative estimate of drug-likeness (QED) is 0.840. The van der Waals surface area contributed by atoms with Crippen LogP contribution in [0.1, 0.15) is 12.8 Å². The molecule has 0 saturated carbocycles. The minimum absolute atomic E-state index is 0. The first-order valence-corrected chi connectivity index (χ1v) is 7.81. The molecule has 1 aliphatic rings. The molecule has 20 heavy (non-hydrogen) atoms. The molecule has 1 atom stereocenters. The Labute approximate surface area is 136 Å². The molecule has 1 aromatic carbocycles.